The second-order valence-corrected chi connectivity index (χ2v) is 8.25. The summed E-state index contributed by atoms with van der Waals surface area (Å²) in [5.41, 5.74) is 0.726. The highest BCUT2D eigenvalue weighted by molar-refractivity contribution is 7.85. The van der Waals surface area contributed by atoms with Crippen molar-refractivity contribution in [2.45, 2.75) is 76.0 Å². The summed E-state index contributed by atoms with van der Waals surface area (Å²) in [5.74, 6) is 0. The van der Waals surface area contributed by atoms with Crippen LogP contribution in [-0.4, -0.2) is 13.0 Å². The van der Waals surface area contributed by atoms with Crippen molar-refractivity contribution in [2.24, 2.45) is 0 Å². The molecule has 138 valence electrons. The van der Waals surface area contributed by atoms with Crippen LogP contribution in [0.4, 0.5) is 0 Å². The number of fused-ring (bicyclic) bond motifs is 1. The quantitative estimate of drug-likeness (QED) is 0.385. The molecule has 0 unspecified atom stereocenters. The van der Waals surface area contributed by atoms with Crippen LogP contribution in [-0.2, 0) is 16.5 Å². The van der Waals surface area contributed by atoms with Gasteiger partial charge in [-0.3, -0.25) is 4.55 Å². The monoisotopic (exact) mass is 362 g/mol. The fraction of sp³-hybridized carbons (Fsp3) is 0.524. The molecule has 0 heterocycles. The number of benzene rings is 2. The third-order valence-electron chi connectivity index (χ3n) is 4.76. The van der Waals surface area contributed by atoms with E-state index < -0.39 is 10.1 Å². The smallest absolute Gasteiger partial charge is 0.282 e. The van der Waals surface area contributed by atoms with Crippen molar-refractivity contribution in [3.05, 3.63) is 42.0 Å². The zero-order valence-electron chi connectivity index (χ0n) is 15.2. The summed E-state index contributed by atoms with van der Waals surface area (Å²) in [6.07, 6.45) is 11.8. The normalized spacial score (nSPS) is 11.9. The van der Waals surface area contributed by atoms with E-state index in [2.05, 4.69) is 6.92 Å². The molecule has 0 atom stereocenters. The van der Waals surface area contributed by atoms with Crippen molar-refractivity contribution in [1.82, 2.24) is 0 Å². The minimum absolute atomic E-state index is 0.0609. The van der Waals surface area contributed by atoms with Gasteiger partial charge in [0.25, 0.3) is 10.1 Å². The molecule has 2 aromatic rings. The number of hydrogen-bond donors (Lipinski definition) is 1. The molecule has 0 amide bonds. The lowest BCUT2D eigenvalue weighted by molar-refractivity contribution is 0.481. The lowest BCUT2D eigenvalue weighted by Crippen LogP contribution is -2.03. The highest BCUT2D eigenvalue weighted by atomic mass is 32.2. The maximum Gasteiger partial charge on any atom is 0.294 e. The molecule has 25 heavy (non-hydrogen) atoms. The minimum Gasteiger partial charge on any atom is -0.282 e. The maximum absolute atomic E-state index is 11.7. The van der Waals surface area contributed by atoms with Crippen LogP contribution in [0.2, 0.25) is 0 Å². The van der Waals surface area contributed by atoms with Crippen LogP contribution in [0.25, 0.3) is 10.8 Å². The molecule has 0 bridgehead atoms. The molecule has 0 spiro atoms. The van der Waals surface area contributed by atoms with Gasteiger partial charge in [-0.2, -0.15) is 8.42 Å². The summed E-state index contributed by atoms with van der Waals surface area (Å²) in [7, 11) is -4.19. The van der Waals surface area contributed by atoms with Crippen LogP contribution in [0, 0.1) is 0 Å². The second kappa shape index (κ2) is 9.93. The van der Waals surface area contributed by atoms with Crippen LogP contribution in [0.5, 0.6) is 0 Å². The molecule has 0 saturated carbocycles. The van der Waals surface area contributed by atoms with E-state index in [-0.39, 0.29) is 4.90 Å². The minimum atomic E-state index is -4.19. The Morgan fingerprint density at radius 2 is 1.32 bits per heavy atom. The summed E-state index contributed by atoms with van der Waals surface area (Å²) < 4.78 is 33.0. The number of rotatable bonds is 11. The van der Waals surface area contributed by atoms with Crippen molar-refractivity contribution in [3.8, 4) is 0 Å². The SMILES string of the molecule is CCCCCCCCCCCc1cc2ccccc2cc1S(=O)(=O)O. The van der Waals surface area contributed by atoms with E-state index in [1.165, 1.54) is 44.9 Å². The molecule has 0 aliphatic rings. The number of aryl methyl sites for hydroxylation is 1. The highest BCUT2D eigenvalue weighted by Crippen LogP contribution is 2.25. The molecule has 0 saturated heterocycles. The Bertz CT molecular complexity index is 766. The molecule has 0 fully saturated rings. The number of unbranched alkanes of at least 4 members (excludes halogenated alkanes) is 8. The van der Waals surface area contributed by atoms with E-state index in [0.717, 1.165) is 29.2 Å². The molecule has 0 radical (unpaired) electrons. The van der Waals surface area contributed by atoms with Crippen LogP contribution in [0.1, 0.15) is 70.3 Å². The molecule has 2 rings (SSSR count). The third-order valence-corrected chi connectivity index (χ3v) is 5.69. The van der Waals surface area contributed by atoms with Gasteiger partial charge in [-0.1, -0.05) is 82.6 Å². The Morgan fingerprint density at radius 1 is 0.800 bits per heavy atom. The lowest BCUT2D eigenvalue weighted by atomic mass is 10.0. The van der Waals surface area contributed by atoms with E-state index in [1.54, 1.807) is 6.07 Å². The maximum atomic E-state index is 11.7. The largest absolute Gasteiger partial charge is 0.294 e. The summed E-state index contributed by atoms with van der Waals surface area (Å²) >= 11 is 0. The van der Waals surface area contributed by atoms with Crippen LogP contribution < -0.4 is 0 Å². The Labute approximate surface area is 152 Å². The van der Waals surface area contributed by atoms with Gasteiger partial charge >= 0.3 is 0 Å². The van der Waals surface area contributed by atoms with E-state index >= 15 is 0 Å². The molecule has 3 nitrogen and oxygen atoms in total. The van der Waals surface area contributed by atoms with E-state index in [9.17, 15) is 13.0 Å². The topological polar surface area (TPSA) is 54.4 Å². The molecule has 0 aliphatic heterocycles. The second-order valence-electron chi connectivity index (χ2n) is 6.86. The van der Waals surface area contributed by atoms with Crippen molar-refractivity contribution in [3.63, 3.8) is 0 Å². The molecule has 2 aromatic carbocycles. The van der Waals surface area contributed by atoms with Crippen molar-refractivity contribution >= 4 is 20.9 Å². The van der Waals surface area contributed by atoms with Crippen LogP contribution >= 0.6 is 0 Å². The van der Waals surface area contributed by atoms with Gasteiger partial charge < -0.3 is 0 Å². The van der Waals surface area contributed by atoms with Gasteiger partial charge in [0.2, 0.25) is 0 Å². The van der Waals surface area contributed by atoms with Crippen LogP contribution in [0.15, 0.2) is 41.3 Å². The average molecular weight is 363 g/mol. The fourth-order valence-corrected chi connectivity index (χ4v) is 4.10. The van der Waals surface area contributed by atoms with Gasteiger partial charge in [0.15, 0.2) is 0 Å². The Hall–Kier alpha value is -1.39. The van der Waals surface area contributed by atoms with Gasteiger partial charge in [0.1, 0.15) is 0 Å². The molecule has 1 N–H and O–H groups in total. The van der Waals surface area contributed by atoms with E-state index in [1.807, 2.05) is 30.3 Å². The van der Waals surface area contributed by atoms with E-state index in [0.29, 0.717) is 6.42 Å². The van der Waals surface area contributed by atoms with Crippen molar-refractivity contribution < 1.29 is 13.0 Å². The first-order valence-electron chi connectivity index (χ1n) is 9.51. The lowest BCUT2D eigenvalue weighted by Gasteiger charge is -2.10. The summed E-state index contributed by atoms with van der Waals surface area (Å²) in [5, 5.41) is 1.85. The van der Waals surface area contributed by atoms with E-state index in [4.69, 9.17) is 0 Å². The zero-order valence-corrected chi connectivity index (χ0v) is 16.0. The molecule has 4 heteroatoms. The molecule has 0 aliphatic carbocycles. The Kier molecular flexibility index (Phi) is 7.91. The van der Waals surface area contributed by atoms with Gasteiger partial charge in [-0.15, -0.1) is 0 Å². The Morgan fingerprint density at radius 3 is 1.88 bits per heavy atom. The summed E-state index contributed by atoms with van der Waals surface area (Å²) in [6, 6.07) is 11.2. The van der Waals surface area contributed by atoms with Gasteiger partial charge in [0.05, 0.1) is 4.90 Å². The van der Waals surface area contributed by atoms with Crippen molar-refractivity contribution in [2.75, 3.05) is 0 Å². The predicted octanol–water partition coefficient (Wildman–Crippen LogP) is 6.16. The first-order valence-corrected chi connectivity index (χ1v) is 11.0. The first-order chi connectivity index (χ1) is 12.0. The highest BCUT2D eigenvalue weighted by Gasteiger charge is 2.16. The molecular weight excluding hydrogens is 332 g/mol. The first kappa shape index (κ1) is 19.9. The van der Waals surface area contributed by atoms with Crippen molar-refractivity contribution in [1.29, 1.82) is 0 Å². The predicted molar refractivity (Wildman–Crippen MR) is 105 cm³/mol. The van der Waals surface area contributed by atoms with Crippen LogP contribution in [0.3, 0.4) is 0 Å². The standard InChI is InChI=1S/C21H30O3S/c1-2-3-4-5-6-7-8-9-10-15-20-16-18-13-11-12-14-19(18)17-21(20)25(22,23)24/h11-14,16-17H,2-10,15H2,1H3,(H,22,23,24). The fourth-order valence-electron chi connectivity index (χ4n) is 3.33. The zero-order chi connectivity index (χ0) is 18.1. The van der Waals surface area contributed by atoms with Gasteiger partial charge in [0, 0.05) is 0 Å². The number of hydrogen-bond acceptors (Lipinski definition) is 2. The Balaban J connectivity index is 1.89. The summed E-state index contributed by atoms with van der Waals surface area (Å²) in [6.45, 7) is 2.23. The summed E-state index contributed by atoms with van der Waals surface area (Å²) in [4.78, 5) is 0.0609. The molecule has 0 aromatic heterocycles. The third kappa shape index (κ3) is 6.44. The van der Waals surface area contributed by atoms with Gasteiger partial charge in [-0.25, -0.2) is 0 Å². The van der Waals surface area contributed by atoms with Gasteiger partial charge in [-0.05, 0) is 41.3 Å². The molecular formula is C21H30O3S. The average Bonchev–Trinajstić information content (AvgIpc) is 2.58.